The Bertz CT molecular complexity index is 626. The molecule has 1 unspecified atom stereocenters. The summed E-state index contributed by atoms with van der Waals surface area (Å²) in [6.45, 7) is 7.53. The highest BCUT2D eigenvalue weighted by Crippen LogP contribution is 2.32. The van der Waals surface area contributed by atoms with Gasteiger partial charge in [0.2, 0.25) is 0 Å². The highest BCUT2D eigenvalue weighted by Gasteiger charge is 2.46. The zero-order valence-corrected chi connectivity index (χ0v) is 14.6. The Kier molecular flexibility index (Phi) is 4.58. The summed E-state index contributed by atoms with van der Waals surface area (Å²) in [5.74, 6) is -0.141. The fraction of sp³-hybridized carbons (Fsp3) is 0.600. The van der Waals surface area contributed by atoms with Crippen LogP contribution in [0.15, 0.2) is 15.3 Å². The highest BCUT2D eigenvalue weighted by atomic mass is 79.9. The molecular formula is C15H22BrN3O2. The van der Waals surface area contributed by atoms with Crippen molar-refractivity contribution in [3.63, 3.8) is 0 Å². The van der Waals surface area contributed by atoms with E-state index in [1.807, 2.05) is 27.8 Å². The second kappa shape index (κ2) is 5.93. The van der Waals surface area contributed by atoms with Crippen LogP contribution in [0.4, 0.5) is 0 Å². The Hall–Kier alpha value is -1.14. The number of nitrogens with one attached hydrogen (secondary N) is 1. The summed E-state index contributed by atoms with van der Waals surface area (Å²) < 4.78 is 2.17. The number of hydrogen-bond acceptors (Lipinski definition) is 3. The van der Waals surface area contributed by atoms with E-state index in [-0.39, 0.29) is 11.5 Å². The predicted octanol–water partition coefficient (Wildman–Crippen LogP) is 2.07. The van der Waals surface area contributed by atoms with Gasteiger partial charge in [-0.3, -0.25) is 14.2 Å². The Morgan fingerprint density at radius 2 is 2.00 bits per heavy atom. The van der Waals surface area contributed by atoms with Gasteiger partial charge in [-0.1, -0.05) is 13.8 Å². The van der Waals surface area contributed by atoms with Gasteiger partial charge in [-0.2, -0.15) is 0 Å². The lowest BCUT2D eigenvalue weighted by Crippen LogP contribution is -2.57. The molecule has 1 amide bonds. The lowest BCUT2D eigenvalue weighted by Gasteiger charge is -2.39. The first-order chi connectivity index (χ1) is 9.94. The van der Waals surface area contributed by atoms with Gasteiger partial charge in [0, 0.05) is 6.54 Å². The molecule has 6 heteroatoms. The predicted molar refractivity (Wildman–Crippen MR) is 86.7 cm³/mol. The van der Waals surface area contributed by atoms with Crippen molar-refractivity contribution in [2.45, 2.75) is 39.3 Å². The summed E-state index contributed by atoms with van der Waals surface area (Å²) in [6, 6.07) is 1.72. The molecule has 2 aliphatic rings. The van der Waals surface area contributed by atoms with Crippen LogP contribution in [0.2, 0.25) is 0 Å². The average Bonchev–Trinajstić information content (AvgIpc) is 2.71. The number of pyridine rings is 1. The minimum absolute atomic E-state index is 0.130. The number of nitrogens with zero attached hydrogens (tertiary/aromatic N) is 2. The Morgan fingerprint density at radius 1 is 1.33 bits per heavy atom. The Morgan fingerprint density at radius 3 is 2.62 bits per heavy atom. The number of aromatic nitrogens is 1. The minimum Gasteiger partial charge on any atom is -0.326 e. The first-order valence-electron chi connectivity index (χ1n) is 7.38. The molecule has 116 valence electrons. The fourth-order valence-electron chi connectivity index (χ4n) is 3.25. The first-order valence-corrected chi connectivity index (χ1v) is 8.18. The topological polar surface area (TPSA) is 54.3 Å². The summed E-state index contributed by atoms with van der Waals surface area (Å²) in [5.41, 5.74) is 0.622. The van der Waals surface area contributed by atoms with Gasteiger partial charge < -0.3 is 10.2 Å². The van der Waals surface area contributed by atoms with Gasteiger partial charge in [-0.15, -0.1) is 0 Å². The molecule has 1 fully saturated rings. The van der Waals surface area contributed by atoms with Gasteiger partial charge in [0.05, 0.1) is 4.47 Å². The molecule has 1 atom stereocenters. The van der Waals surface area contributed by atoms with E-state index >= 15 is 0 Å². The number of fused-ring (bicyclic) bond motifs is 2. The van der Waals surface area contributed by atoms with Crippen molar-refractivity contribution in [1.82, 2.24) is 14.8 Å². The van der Waals surface area contributed by atoms with Crippen molar-refractivity contribution in [2.24, 2.45) is 0 Å². The molecule has 5 nitrogen and oxygen atoms in total. The molecule has 1 saturated heterocycles. The van der Waals surface area contributed by atoms with E-state index in [0.29, 0.717) is 16.7 Å². The summed E-state index contributed by atoms with van der Waals surface area (Å²) in [4.78, 5) is 26.8. The minimum atomic E-state index is -0.578. The number of aryl methyl sites for hydroxylation is 1. The number of likely N-dealkylation sites (N-methyl/N-ethyl adjacent to an activating group) is 1. The summed E-state index contributed by atoms with van der Waals surface area (Å²) in [5, 5.41) is 3.04. The summed E-state index contributed by atoms with van der Waals surface area (Å²) in [7, 11) is 2.01. The molecule has 1 spiro atoms. The van der Waals surface area contributed by atoms with Gasteiger partial charge in [0.15, 0.2) is 0 Å². The lowest BCUT2D eigenvalue weighted by molar-refractivity contribution is 0.0754. The number of rotatable bonds is 0. The Labute approximate surface area is 133 Å². The highest BCUT2D eigenvalue weighted by molar-refractivity contribution is 9.10. The normalized spacial score (nSPS) is 24.3. The zero-order valence-electron chi connectivity index (χ0n) is 13.0. The number of carbonyl (C=O) groups is 1. The van der Waals surface area contributed by atoms with Crippen molar-refractivity contribution in [2.75, 3.05) is 20.1 Å². The van der Waals surface area contributed by atoms with Crippen LogP contribution < -0.4 is 10.9 Å². The van der Waals surface area contributed by atoms with E-state index in [2.05, 4.69) is 26.1 Å². The van der Waals surface area contributed by atoms with Gasteiger partial charge >= 0.3 is 0 Å². The van der Waals surface area contributed by atoms with Crippen LogP contribution in [0.5, 0.6) is 0 Å². The van der Waals surface area contributed by atoms with Crippen molar-refractivity contribution < 1.29 is 4.79 Å². The molecule has 0 bridgehead atoms. The third-order valence-electron chi connectivity index (χ3n) is 4.00. The maximum absolute atomic E-state index is 12.4. The molecule has 0 aliphatic carbocycles. The van der Waals surface area contributed by atoms with E-state index in [0.717, 1.165) is 24.9 Å². The van der Waals surface area contributed by atoms with E-state index in [4.69, 9.17) is 0 Å². The SMILES string of the molecule is CC.Cc1cc(Br)c(=O)n2c1C(=O)NC21CCCN(C)C1. The van der Waals surface area contributed by atoms with Gasteiger partial charge in [0.1, 0.15) is 11.4 Å². The van der Waals surface area contributed by atoms with Crippen LogP contribution in [0.3, 0.4) is 0 Å². The van der Waals surface area contributed by atoms with Crippen molar-refractivity contribution >= 4 is 21.8 Å². The van der Waals surface area contributed by atoms with Gasteiger partial charge in [-0.25, -0.2) is 0 Å². The van der Waals surface area contributed by atoms with Gasteiger partial charge in [0.25, 0.3) is 11.5 Å². The number of likely N-dealkylation sites (tertiary alicyclic amines) is 1. The van der Waals surface area contributed by atoms with Gasteiger partial charge in [-0.05, 0) is 60.9 Å². The number of hydrogen-bond donors (Lipinski definition) is 1. The third kappa shape index (κ3) is 2.55. The van der Waals surface area contributed by atoms with Crippen LogP contribution >= 0.6 is 15.9 Å². The molecule has 3 rings (SSSR count). The van der Waals surface area contributed by atoms with Crippen LogP contribution in [0, 0.1) is 6.92 Å². The lowest BCUT2D eigenvalue weighted by atomic mass is 9.98. The second-order valence-electron chi connectivity index (χ2n) is 5.49. The molecule has 1 aromatic rings. The molecule has 3 heterocycles. The van der Waals surface area contributed by atoms with E-state index in [1.54, 1.807) is 10.6 Å². The number of halogens is 1. The van der Waals surface area contributed by atoms with Crippen molar-refractivity contribution in [1.29, 1.82) is 0 Å². The number of amides is 1. The fourth-order valence-corrected chi connectivity index (χ4v) is 3.77. The average molecular weight is 356 g/mol. The van der Waals surface area contributed by atoms with Crippen molar-refractivity contribution in [3.05, 3.63) is 32.2 Å². The second-order valence-corrected chi connectivity index (χ2v) is 6.35. The molecular weight excluding hydrogens is 334 g/mol. The van der Waals surface area contributed by atoms with E-state index in [1.165, 1.54) is 0 Å². The zero-order chi connectivity index (χ0) is 15.8. The molecule has 1 aromatic heterocycles. The molecule has 0 radical (unpaired) electrons. The number of carbonyl (C=O) groups excluding carboxylic acids is 1. The smallest absolute Gasteiger partial charge is 0.270 e. The summed E-state index contributed by atoms with van der Waals surface area (Å²) in [6.07, 6.45) is 1.76. The monoisotopic (exact) mass is 355 g/mol. The quantitative estimate of drug-likeness (QED) is 0.774. The van der Waals surface area contributed by atoms with Crippen LogP contribution in [-0.2, 0) is 5.66 Å². The first kappa shape index (κ1) is 16.2. The Balaban J connectivity index is 0.000000774. The maximum Gasteiger partial charge on any atom is 0.270 e. The largest absolute Gasteiger partial charge is 0.326 e. The molecule has 1 N–H and O–H groups in total. The summed E-state index contributed by atoms with van der Waals surface area (Å²) >= 11 is 3.30. The standard InChI is InChI=1S/C13H16BrN3O2.C2H6/c1-8-6-9(14)12(19)17-10(8)11(18)15-13(17)4-3-5-16(2)7-13;1-2/h6H,3-5,7H2,1-2H3,(H,15,18);1-2H3. The van der Waals surface area contributed by atoms with Crippen LogP contribution in [-0.4, -0.2) is 35.5 Å². The van der Waals surface area contributed by atoms with Crippen molar-refractivity contribution in [3.8, 4) is 0 Å². The number of piperidine rings is 1. The molecule has 0 aromatic carbocycles. The maximum atomic E-state index is 12.4. The van der Waals surface area contributed by atoms with E-state index < -0.39 is 5.66 Å². The third-order valence-corrected chi connectivity index (χ3v) is 4.57. The molecule has 21 heavy (non-hydrogen) atoms. The van der Waals surface area contributed by atoms with Crippen LogP contribution in [0.1, 0.15) is 42.7 Å². The van der Waals surface area contributed by atoms with Crippen LogP contribution in [0.25, 0.3) is 0 Å². The molecule has 2 aliphatic heterocycles. The molecule has 0 saturated carbocycles. The van der Waals surface area contributed by atoms with E-state index in [9.17, 15) is 9.59 Å².